The number of aryl methyl sites for hydroxylation is 2. The van der Waals surface area contributed by atoms with Gasteiger partial charge in [0.25, 0.3) is 5.56 Å². The number of benzene rings is 1. The van der Waals surface area contributed by atoms with Gasteiger partial charge in [-0.25, -0.2) is 4.79 Å². The Morgan fingerprint density at radius 2 is 2.00 bits per heavy atom. The Labute approximate surface area is 131 Å². The van der Waals surface area contributed by atoms with E-state index in [1.807, 2.05) is 12.1 Å². The van der Waals surface area contributed by atoms with E-state index in [4.69, 9.17) is 5.73 Å². The van der Waals surface area contributed by atoms with Crippen LogP contribution in [0.1, 0.15) is 21.5 Å². The highest BCUT2D eigenvalue weighted by atomic mass is 16.5. The van der Waals surface area contributed by atoms with Crippen LogP contribution < -0.4 is 11.3 Å². The minimum absolute atomic E-state index is 0.0919. The molecule has 3 aromatic rings. The van der Waals surface area contributed by atoms with Gasteiger partial charge >= 0.3 is 5.97 Å². The molecule has 7 nitrogen and oxygen atoms in total. The summed E-state index contributed by atoms with van der Waals surface area (Å²) in [4.78, 5) is 32.9. The van der Waals surface area contributed by atoms with Gasteiger partial charge in [0.05, 0.1) is 18.1 Å². The van der Waals surface area contributed by atoms with Crippen molar-refractivity contribution in [2.45, 2.75) is 12.8 Å². The third kappa shape index (κ3) is 2.94. The number of ether oxygens (including phenoxy) is 1. The smallest absolute Gasteiger partial charge is 0.337 e. The van der Waals surface area contributed by atoms with Gasteiger partial charge in [0.15, 0.2) is 0 Å². The molecule has 0 aliphatic rings. The van der Waals surface area contributed by atoms with Crippen molar-refractivity contribution < 1.29 is 9.53 Å². The quantitative estimate of drug-likeness (QED) is 0.630. The van der Waals surface area contributed by atoms with Gasteiger partial charge < -0.3 is 15.5 Å². The Kier molecular flexibility index (Phi) is 3.84. The number of nitrogens with one attached hydrogen (secondary N) is 2. The third-order valence-corrected chi connectivity index (χ3v) is 3.70. The second-order valence-electron chi connectivity index (χ2n) is 5.18. The Bertz CT molecular complexity index is 909. The maximum Gasteiger partial charge on any atom is 0.337 e. The van der Waals surface area contributed by atoms with E-state index in [9.17, 15) is 9.59 Å². The number of esters is 1. The molecule has 0 unspecified atom stereocenters. The van der Waals surface area contributed by atoms with Gasteiger partial charge in [-0.3, -0.25) is 9.78 Å². The number of hydrogen-bond acceptors (Lipinski definition) is 5. The Balaban J connectivity index is 1.79. The monoisotopic (exact) mass is 312 g/mol. The van der Waals surface area contributed by atoms with E-state index in [-0.39, 0.29) is 17.5 Å². The summed E-state index contributed by atoms with van der Waals surface area (Å²) in [5.41, 5.74) is 8.22. The summed E-state index contributed by atoms with van der Waals surface area (Å²) in [6.45, 7) is 0. The van der Waals surface area contributed by atoms with Crippen molar-refractivity contribution in [1.82, 2.24) is 15.0 Å². The van der Waals surface area contributed by atoms with Gasteiger partial charge in [0.1, 0.15) is 5.65 Å². The molecule has 0 bridgehead atoms. The predicted molar refractivity (Wildman–Crippen MR) is 86.3 cm³/mol. The Morgan fingerprint density at radius 3 is 2.70 bits per heavy atom. The lowest BCUT2D eigenvalue weighted by molar-refractivity contribution is 0.0600. The Hall–Kier alpha value is -3.09. The first-order valence-electron chi connectivity index (χ1n) is 7.11. The number of anilines is 1. The van der Waals surface area contributed by atoms with Crippen LogP contribution in [0.4, 0.5) is 5.95 Å². The van der Waals surface area contributed by atoms with E-state index in [1.165, 1.54) is 7.11 Å². The van der Waals surface area contributed by atoms with Gasteiger partial charge in [-0.15, -0.1) is 0 Å². The van der Waals surface area contributed by atoms with Crippen molar-refractivity contribution in [2.75, 3.05) is 12.8 Å². The van der Waals surface area contributed by atoms with Crippen LogP contribution in [0, 0.1) is 0 Å². The summed E-state index contributed by atoms with van der Waals surface area (Å²) in [6.07, 6.45) is 3.18. The standard InChI is InChI=1S/C16H16N4O3/c1-23-15(22)10-5-2-9(3-6-10)4-7-11-8-18-13-12(11)14(21)20-16(17)19-13/h2-3,5-6,8H,4,7H2,1H3,(H4,17,18,19,20,21). The molecule has 23 heavy (non-hydrogen) atoms. The molecule has 0 aliphatic heterocycles. The fraction of sp³-hybridized carbons (Fsp3) is 0.188. The molecule has 0 amide bonds. The SMILES string of the molecule is COC(=O)c1ccc(CCc2c[nH]c3nc(N)[nH]c(=O)c23)cc1. The minimum atomic E-state index is -0.358. The second kappa shape index (κ2) is 5.96. The van der Waals surface area contributed by atoms with Crippen LogP contribution in [0.15, 0.2) is 35.3 Å². The topological polar surface area (TPSA) is 114 Å². The number of aromatic nitrogens is 3. The van der Waals surface area contributed by atoms with Gasteiger partial charge in [0.2, 0.25) is 5.95 Å². The normalized spacial score (nSPS) is 10.8. The number of hydrogen-bond donors (Lipinski definition) is 3. The van der Waals surface area contributed by atoms with Crippen molar-refractivity contribution >= 4 is 23.0 Å². The lowest BCUT2D eigenvalue weighted by Crippen LogP contribution is -2.11. The third-order valence-electron chi connectivity index (χ3n) is 3.70. The summed E-state index contributed by atoms with van der Waals surface area (Å²) in [7, 11) is 1.35. The number of fused-ring (bicyclic) bond motifs is 1. The van der Waals surface area contributed by atoms with Crippen LogP contribution >= 0.6 is 0 Å². The Morgan fingerprint density at radius 1 is 1.26 bits per heavy atom. The van der Waals surface area contributed by atoms with Gasteiger partial charge in [-0.05, 0) is 36.1 Å². The van der Waals surface area contributed by atoms with Gasteiger partial charge in [-0.2, -0.15) is 4.98 Å². The average molecular weight is 312 g/mol. The zero-order valence-electron chi connectivity index (χ0n) is 12.6. The maximum atomic E-state index is 12.0. The van der Waals surface area contributed by atoms with E-state index < -0.39 is 0 Å². The molecular formula is C16H16N4O3. The highest BCUT2D eigenvalue weighted by molar-refractivity contribution is 5.89. The number of nitrogens with zero attached hydrogens (tertiary/aromatic N) is 1. The van der Waals surface area contributed by atoms with Crippen LogP contribution in [-0.4, -0.2) is 28.0 Å². The summed E-state index contributed by atoms with van der Waals surface area (Å²) in [5, 5.41) is 0.533. The molecule has 0 spiro atoms. The lowest BCUT2D eigenvalue weighted by Gasteiger charge is -2.03. The lowest BCUT2D eigenvalue weighted by atomic mass is 10.0. The summed E-state index contributed by atoms with van der Waals surface area (Å²) in [6, 6.07) is 7.21. The van der Waals surface area contributed by atoms with Crippen molar-refractivity contribution in [3.8, 4) is 0 Å². The van der Waals surface area contributed by atoms with Gasteiger partial charge in [-0.1, -0.05) is 12.1 Å². The van der Waals surface area contributed by atoms with Crippen LogP contribution in [0.2, 0.25) is 0 Å². The number of nitrogen functional groups attached to an aromatic ring is 1. The van der Waals surface area contributed by atoms with Crippen LogP contribution in [0.25, 0.3) is 11.0 Å². The van der Waals surface area contributed by atoms with Gasteiger partial charge in [0, 0.05) is 6.20 Å². The number of rotatable bonds is 4. The summed E-state index contributed by atoms with van der Waals surface area (Å²) in [5.74, 6) is -0.266. The molecule has 3 rings (SSSR count). The predicted octanol–water partition coefficient (Wildman–Crippen LogP) is 1.41. The molecule has 4 N–H and O–H groups in total. The number of carbonyl (C=O) groups excluding carboxylic acids is 1. The molecule has 0 radical (unpaired) electrons. The number of aromatic amines is 2. The van der Waals surface area contributed by atoms with Crippen molar-refractivity contribution in [3.63, 3.8) is 0 Å². The molecule has 118 valence electrons. The van der Waals surface area contributed by atoms with Crippen molar-refractivity contribution in [2.24, 2.45) is 0 Å². The van der Waals surface area contributed by atoms with E-state index in [2.05, 4.69) is 19.7 Å². The second-order valence-corrected chi connectivity index (χ2v) is 5.18. The molecule has 0 fully saturated rings. The fourth-order valence-electron chi connectivity index (χ4n) is 2.52. The number of nitrogens with two attached hydrogens (primary N) is 1. The molecule has 0 atom stereocenters. The number of methoxy groups -OCH3 is 1. The molecular weight excluding hydrogens is 296 g/mol. The molecule has 0 saturated heterocycles. The minimum Gasteiger partial charge on any atom is -0.465 e. The zero-order chi connectivity index (χ0) is 16.4. The van der Waals surface area contributed by atoms with E-state index in [0.29, 0.717) is 23.0 Å². The average Bonchev–Trinajstić information content (AvgIpc) is 2.95. The molecule has 2 aromatic heterocycles. The van der Waals surface area contributed by atoms with Crippen molar-refractivity contribution in [1.29, 1.82) is 0 Å². The largest absolute Gasteiger partial charge is 0.465 e. The van der Waals surface area contributed by atoms with Crippen LogP contribution in [0.5, 0.6) is 0 Å². The summed E-state index contributed by atoms with van der Waals surface area (Å²) < 4.78 is 4.67. The van der Waals surface area contributed by atoms with Crippen molar-refractivity contribution in [3.05, 3.63) is 57.5 Å². The zero-order valence-corrected chi connectivity index (χ0v) is 12.6. The first-order valence-corrected chi connectivity index (χ1v) is 7.11. The first-order chi connectivity index (χ1) is 11.1. The van der Waals surface area contributed by atoms with E-state index in [1.54, 1.807) is 18.3 Å². The molecule has 7 heteroatoms. The number of H-pyrrole nitrogens is 2. The van der Waals surface area contributed by atoms with Crippen LogP contribution in [-0.2, 0) is 17.6 Å². The number of carbonyl (C=O) groups is 1. The highest BCUT2D eigenvalue weighted by Gasteiger charge is 2.10. The maximum absolute atomic E-state index is 12.0. The molecule has 1 aromatic carbocycles. The summed E-state index contributed by atoms with van der Waals surface area (Å²) >= 11 is 0. The molecule has 2 heterocycles. The first kappa shape index (κ1) is 14.8. The van der Waals surface area contributed by atoms with Crippen LogP contribution in [0.3, 0.4) is 0 Å². The fourth-order valence-corrected chi connectivity index (χ4v) is 2.52. The molecule has 0 saturated carbocycles. The van der Waals surface area contributed by atoms with E-state index >= 15 is 0 Å². The van der Waals surface area contributed by atoms with E-state index in [0.717, 1.165) is 17.5 Å². The molecule has 0 aliphatic carbocycles. The highest BCUT2D eigenvalue weighted by Crippen LogP contribution is 2.16.